The molecular formula is C26H46O8Si. The van der Waals surface area contributed by atoms with Crippen LogP contribution in [0.15, 0.2) is 0 Å². The fourth-order valence-electron chi connectivity index (χ4n) is 5.82. The van der Waals surface area contributed by atoms with E-state index in [2.05, 4.69) is 20.8 Å². The first kappa shape index (κ1) is 31.1. The highest BCUT2D eigenvalue weighted by atomic mass is 28.3. The molecule has 8 nitrogen and oxygen atoms in total. The van der Waals surface area contributed by atoms with Gasteiger partial charge in [-0.05, 0) is 52.4 Å². The molecule has 0 radical (unpaired) electrons. The molecule has 2 atom stereocenters. The van der Waals surface area contributed by atoms with E-state index in [0.717, 1.165) is 24.2 Å². The molecule has 202 valence electrons. The average Bonchev–Trinajstić information content (AvgIpc) is 2.83. The van der Waals surface area contributed by atoms with Gasteiger partial charge in [-0.3, -0.25) is 19.2 Å². The van der Waals surface area contributed by atoms with Crippen LogP contribution < -0.4 is 0 Å². The summed E-state index contributed by atoms with van der Waals surface area (Å²) in [6.45, 7) is 15.0. The molecule has 0 unspecified atom stereocenters. The molecule has 1 aliphatic carbocycles. The van der Waals surface area contributed by atoms with E-state index in [9.17, 15) is 19.2 Å². The number of carbonyl (C=O) groups is 4. The molecule has 0 amide bonds. The third-order valence-corrected chi connectivity index (χ3v) is 14.1. The SMILES string of the molecule is CCOC(=O)C1(C(=O)OCC)C[C@@H](C[Si](CC)(CC)CC)[C@H](C)CC1(C(=O)OCC)C(=O)OCC. The molecule has 0 saturated heterocycles. The zero-order valence-electron chi connectivity index (χ0n) is 23.0. The van der Waals surface area contributed by atoms with E-state index in [1.807, 2.05) is 6.92 Å². The summed E-state index contributed by atoms with van der Waals surface area (Å²) >= 11 is 0. The molecule has 0 aliphatic heterocycles. The Balaban J connectivity index is 3.95. The molecule has 0 spiro atoms. The van der Waals surface area contributed by atoms with Crippen LogP contribution in [0.25, 0.3) is 0 Å². The number of hydrogen-bond donors (Lipinski definition) is 0. The van der Waals surface area contributed by atoms with Crippen LogP contribution in [0.4, 0.5) is 0 Å². The van der Waals surface area contributed by atoms with Crippen LogP contribution in [0, 0.1) is 22.7 Å². The maximum absolute atomic E-state index is 13.8. The Kier molecular flexibility index (Phi) is 11.9. The predicted molar refractivity (Wildman–Crippen MR) is 135 cm³/mol. The van der Waals surface area contributed by atoms with Crippen LogP contribution in [0.3, 0.4) is 0 Å². The third-order valence-electron chi connectivity index (χ3n) is 8.17. The maximum atomic E-state index is 13.8. The first-order chi connectivity index (χ1) is 16.6. The van der Waals surface area contributed by atoms with Crippen LogP contribution in [0.1, 0.15) is 68.2 Å². The Morgan fingerprint density at radius 1 is 0.629 bits per heavy atom. The fraction of sp³-hybridized carbons (Fsp3) is 0.846. The molecule has 0 heterocycles. The number of esters is 4. The van der Waals surface area contributed by atoms with E-state index >= 15 is 0 Å². The minimum absolute atomic E-state index is 0.0144. The van der Waals surface area contributed by atoms with Gasteiger partial charge >= 0.3 is 23.9 Å². The minimum Gasteiger partial charge on any atom is -0.465 e. The van der Waals surface area contributed by atoms with Gasteiger partial charge in [0.05, 0.1) is 34.5 Å². The van der Waals surface area contributed by atoms with E-state index < -0.39 is 42.8 Å². The third kappa shape index (κ3) is 5.75. The van der Waals surface area contributed by atoms with Crippen LogP contribution in [-0.2, 0) is 38.1 Å². The summed E-state index contributed by atoms with van der Waals surface area (Å²) in [5.41, 5.74) is -4.35. The van der Waals surface area contributed by atoms with Crippen molar-refractivity contribution in [3.05, 3.63) is 0 Å². The van der Waals surface area contributed by atoms with Crippen LogP contribution in [0.2, 0.25) is 24.2 Å². The first-order valence-electron chi connectivity index (χ1n) is 13.2. The van der Waals surface area contributed by atoms with Gasteiger partial charge in [-0.15, -0.1) is 0 Å². The lowest BCUT2D eigenvalue weighted by Crippen LogP contribution is -2.66. The van der Waals surface area contributed by atoms with Gasteiger partial charge in [0.2, 0.25) is 0 Å². The van der Waals surface area contributed by atoms with E-state index in [1.54, 1.807) is 27.7 Å². The highest BCUT2D eigenvalue weighted by Crippen LogP contribution is 2.59. The second-order valence-corrected chi connectivity index (χ2v) is 15.1. The topological polar surface area (TPSA) is 105 Å². The van der Waals surface area contributed by atoms with Gasteiger partial charge < -0.3 is 18.9 Å². The van der Waals surface area contributed by atoms with Crippen molar-refractivity contribution in [3.8, 4) is 0 Å². The van der Waals surface area contributed by atoms with Crippen molar-refractivity contribution >= 4 is 32.0 Å². The van der Waals surface area contributed by atoms with E-state index in [1.165, 1.54) is 0 Å². The molecule has 0 aromatic rings. The Labute approximate surface area is 211 Å². The van der Waals surface area contributed by atoms with Crippen LogP contribution >= 0.6 is 0 Å². The van der Waals surface area contributed by atoms with Gasteiger partial charge in [-0.1, -0.05) is 51.9 Å². The highest BCUT2D eigenvalue weighted by Gasteiger charge is 2.75. The monoisotopic (exact) mass is 514 g/mol. The molecule has 1 aliphatic rings. The quantitative estimate of drug-likeness (QED) is 0.150. The lowest BCUT2D eigenvalue weighted by Gasteiger charge is -2.51. The van der Waals surface area contributed by atoms with Gasteiger partial charge in [0, 0.05) is 0 Å². The van der Waals surface area contributed by atoms with Crippen molar-refractivity contribution in [3.63, 3.8) is 0 Å². The fourth-order valence-corrected chi connectivity index (χ4v) is 9.84. The predicted octanol–water partition coefficient (Wildman–Crippen LogP) is 4.77. The van der Waals surface area contributed by atoms with E-state index in [4.69, 9.17) is 18.9 Å². The maximum Gasteiger partial charge on any atom is 0.325 e. The van der Waals surface area contributed by atoms with Crippen LogP contribution in [-0.4, -0.2) is 58.4 Å². The summed E-state index contributed by atoms with van der Waals surface area (Å²) < 4.78 is 21.6. The summed E-state index contributed by atoms with van der Waals surface area (Å²) in [6, 6.07) is 4.13. The van der Waals surface area contributed by atoms with Gasteiger partial charge in [0.25, 0.3) is 0 Å². The van der Waals surface area contributed by atoms with Crippen molar-refractivity contribution in [2.45, 2.75) is 92.4 Å². The van der Waals surface area contributed by atoms with E-state index in [0.29, 0.717) is 0 Å². The Morgan fingerprint density at radius 3 is 1.23 bits per heavy atom. The lowest BCUT2D eigenvalue weighted by atomic mass is 9.51. The zero-order valence-corrected chi connectivity index (χ0v) is 24.0. The second kappa shape index (κ2) is 13.4. The largest absolute Gasteiger partial charge is 0.465 e. The summed E-state index contributed by atoms with van der Waals surface area (Å²) in [5, 5.41) is 0. The number of rotatable bonds is 13. The Hall–Kier alpha value is -1.90. The summed E-state index contributed by atoms with van der Waals surface area (Å²) in [4.78, 5) is 54.8. The number of ether oxygens (including phenoxy) is 4. The van der Waals surface area contributed by atoms with Gasteiger partial charge in [0.1, 0.15) is 0 Å². The highest BCUT2D eigenvalue weighted by molar-refractivity contribution is 6.79. The van der Waals surface area contributed by atoms with Crippen molar-refractivity contribution in [1.82, 2.24) is 0 Å². The summed E-state index contributed by atoms with van der Waals surface area (Å²) in [7, 11) is -1.68. The molecule has 0 aromatic heterocycles. The molecule has 1 saturated carbocycles. The molecule has 1 fully saturated rings. The minimum atomic E-state index is -2.18. The van der Waals surface area contributed by atoms with E-state index in [-0.39, 0.29) is 51.1 Å². The van der Waals surface area contributed by atoms with Crippen molar-refractivity contribution in [1.29, 1.82) is 0 Å². The standard InChI is InChI=1S/C26H46O8Si/c1-9-31-21(27)25(22(28)32-10-2)16-19(8)20(18-35(13-5,14-6)15-7)17-26(25,23(29)33-11-3)24(30)34-12-4/h19-20H,9-18H2,1-8H3/t19-,20+/m1/s1. The van der Waals surface area contributed by atoms with Crippen molar-refractivity contribution < 1.29 is 38.1 Å². The molecule has 35 heavy (non-hydrogen) atoms. The van der Waals surface area contributed by atoms with Crippen LogP contribution in [0.5, 0.6) is 0 Å². The zero-order chi connectivity index (χ0) is 26.9. The summed E-state index contributed by atoms with van der Waals surface area (Å²) in [6.07, 6.45) is -0.0627. The Morgan fingerprint density at radius 2 is 0.943 bits per heavy atom. The lowest BCUT2D eigenvalue weighted by molar-refractivity contribution is -0.213. The second-order valence-electron chi connectivity index (χ2n) is 9.60. The normalized spacial score (nSPS) is 21.0. The van der Waals surface area contributed by atoms with Gasteiger partial charge in [-0.25, -0.2) is 0 Å². The van der Waals surface area contributed by atoms with Gasteiger partial charge in [0.15, 0.2) is 10.8 Å². The average molecular weight is 515 g/mol. The number of carbonyl (C=O) groups excluding carboxylic acids is 4. The molecule has 0 bridgehead atoms. The van der Waals surface area contributed by atoms with Crippen molar-refractivity contribution in [2.75, 3.05) is 26.4 Å². The molecule has 9 heteroatoms. The first-order valence-corrected chi connectivity index (χ1v) is 16.1. The molecular weight excluding hydrogens is 468 g/mol. The Bertz CT molecular complexity index is 701. The van der Waals surface area contributed by atoms with Gasteiger partial charge in [-0.2, -0.15) is 0 Å². The molecule has 0 aromatic carbocycles. The van der Waals surface area contributed by atoms with Crippen molar-refractivity contribution in [2.24, 2.45) is 22.7 Å². The molecule has 0 N–H and O–H groups in total. The number of hydrogen-bond acceptors (Lipinski definition) is 8. The summed E-state index contributed by atoms with van der Waals surface area (Å²) in [5.74, 6) is -3.91. The smallest absolute Gasteiger partial charge is 0.325 e. The molecule has 1 rings (SSSR count).